The van der Waals surface area contributed by atoms with E-state index in [1.165, 1.54) is 11.9 Å². The number of para-hydroxylation sites is 1. The Morgan fingerprint density at radius 2 is 1.86 bits per heavy atom. The quantitative estimate of drug-likeness (QED) is 0.864. The lowest BCUT2D eigenvalue weighted by atomic mass is 10.0. The second-order valence-corrected chi connectivity index (χ2v) is 4.72. The predicted octanol–water partition coefficient (Wildman–Crippen LogP) is 1.78. The molecule has 0 spiro atoms. The van der Waals surface area contributed by atoms with Crippen molar-refractivity contribution in [3.05, 3.63) is 29.8 Å². The number of hydrogen-bond donors (Lipinski definition) is 2. The maximum absolute atomic E-state index is 11.7. The number of aliphatic hydroxyl groups is 1. The molecule has 2 amide bonds. The highest BCUT2D eigenvalue weighted by atomic mass is 16.6. The molecular formula is C14H20N2O5. The smallest absolute Gasteiger partial charge is 0.414 e. The van der Waals surface area contributed by atoms with Crippen LogP contribution in [0.4, 0.5) is 9.59 Å². The Morgan fingerprint density at radius 3 is 2.38 bits per heavy atom. The fourth-order valence-electron chi connectivity index (χ4n) is 1.85. The minimum absolute atomic E-state index is 0.182. The Bertz CT molecular complexity index is 504. The van der Waals surface area contributed by atoms with E-state index >= 15 is 0 Å². The Balaban J connectivity index is 3.13. The van der Waals surface area contributed by atoms with Crippen molar-refractivity contribution in [3.8, 4) is 5.75 Å². The van der Waals surface area contributed by atoms with Gasteiger partial charge in [-0.3, -0.25) is 0 Å². The molecule has 116 valence electrons. The number of carbonyl (C=O) groups is 2. The SMILES string of the molecule is CN(C)C(=O)Oc1ccccc1C(CCO)N(C)C(=O)O. The fraction of sp³-hybridized carbons (Fsp3) is 0.429. The number of carboxylic acid groups (broad SMARTS) is 1. The first-order chi connectivity index (χ1) is 9.88. The van der Waals surface area contributed by atoms with Gasteiger partial charge in [0.25, 0.3) is 0 Å². The number of carbonyl (C=O) groups excluding carboxylic acids is 1. The summed E-state index contributed by atoms with van der Waals surface area (Å²) >= 11 is 0. The van der Waals surface area contributed by atoms with Crippen molar-refractivity contribution in [3.63, 3.8) is 0 Å². The van der Waals surface area contributed by atoms with Gasteiger partial charge in [-0.05, 0) is 12.5 Å². The van der Waals surface area contributed by atoms with Crippen molar-refractivity contribution in [2.75, 3.05) is 27.7 Å². The summed E-state index contributed by atoms with van der Waals surface area (Å²) in [5.41, 5.74) is 0.534. The molecule has 1 aromatic carbocycles. The molecular weight excluding hydrogens is 276 g/mol. The van der Waals surface area contributed by atoms with Crippen LogP contribution in [0.1, 0.15) is 18.0 Å². The molecule has 0 radical (unpaired) electrons. The average molecular weight is 296 g/mol. The predicted molar refractivity (Wildman–Crippen MR) is 76.4 cm³/mol. The van der Waals surface area contributed by atoms with Gasteiger partial charge in [-0.1, -0.05) is 18.2 Å². The van der Waals surface area contributed by atoms with E-state index in [2.05, 4.69) is 0 Å². The molecule has 7 heteroatoms. The van der Waals surface area contributed by atoms with Gasteiger partial charge in [0.1, 0.15) is 5.75 Å². The Morgan fingerprint density at radius 1 is 1.24 bits per heavy atom. The molecule has 0 aromatic heterocycles. The average Bonchev–Trinajstić information content (AvgIpc) is 2.44. The molecule has 1 aromatic rings. The molecule has 0 saturated heterocycles. The minimum Gasteiger partial charge on any atom is -0.465 e. The third-order valence-corrected chi connectivity index (χ3v) is 3.01. The van der Waals surface area contributed by atoms with Gasteiger partial charge in [-0.15, -0.1) is 0 Å². The lowest BCUT2D eigenvalue weighted by molar-refractivity contribution is 0.127. The molecule has 2 N–H and O–H groups in total. The Labute approximate surface area is 123 Å². The van der Waals surface area contributed by atoms with Crippen molar-refractivity contribution >= 4 is 12.2 Å². The van der Waals surface area contributed by atoms with Gasteiger partial charge >= 0.3 is 12.2 Å². The molecule has 0 bridgehead atoms. The van der Waals surface area contributed by atoms with E-state index in [1.807, 2.05) is 0 Å². The molecule has 0 aliphatic rings. The third-order valence-electron chi connectivity index (χ3n) is 3.01. The Hall–Kier alpha value is -2.28. The number of ether oxygens (including phenoxy) is 1. The number of rotatable bonds is 5. The van der Waals surface area contributed by atoms with Gasteiger partial charge in [-0.25, -0.2) is 9.59 Å². The summed E-state index contributed by atoms with van der Waals surface area (Å²) < 4.78 is 5.25. The van der Waals surface area contributed by atoms with Crippen LogP contribution in [0.15, 0.2) is 24.3 Å². The summed E-state index contributed by atoms with van der Waals surface area (Å²) in [6.07, 6.45) is -1.47. The van der Waals surface area contributed by atoms with E-state index in [-0.39, 0.29) is 18.8 Å². The van der Waals surface area contributed by atoms with Crippen LogP contribution < -0.4 is 4.74 Å². The summed E-state index contributed by atoms with van der Waals surface area (Å²) in [7, 11) is 4.52. The van der Waals surface area contributed by atoms with E-state index in [0.717, 1.165) is 4.90 Å². The topological polar surface area (TPSA) is 90.3 Å². The van der Waals surface area contributed by atoms with Gasteiger partial charge in [0.15, 0.2) is 0 Å². The van der Waals surface area contributed by atoms with Gasteiger partial charge in [0, 0.05) is 33.3 Å². The molecule has 1 unspecified atom stereocenters. The van der Waals surface area contributed by atoms with Crippen molar-refractivity contribution < 1.29 is 24.5 Å². The van der Waals surface area contributed by atoms with Crippen LogP contribution in [0.5, 0.6) is 5.75 Å². The van der Waals surface area contributed by atoms with Crippen molar-refractivity contribution in [1.82, 2.24) is 9.80 Å². The molecule has 0 heterocycles. The highest BCUT2D eigenvalue weighted by molar-refractivity contribution is 5.71. The molecule has 21 heavy (non-hydrogen) atoms. The van der Waals surface area contributed by atoms with Gasteiger partial charge in [0.2, 0.25) is 0 Å². The van der Waals surface area contributed by atoms with Gasteiger partial charge in [-0.2, -0.15) is 0 Å². The third kappa shape index (κ3) is 4.35. The first-order valence-corrected chi connectivity index (χ1v) is 6.43. The van der Waals surface area contributed by atoms with E-state index in [1.54, 1.807) is 38.4 Å². The number of benzene rings is 1. The van der Waals surface area contributed by atoms with Crippen molar-refractivity contribution in [1.29, 1.82) is 0 Å². The standard InChI is InChI=1S/C14H20N2O5/c1-15(2)14(20)21-12-7-5-4-6-10(12)11(8-9-17)16(3)13(18)19/h4-7,11,17H,8-9H2,1-3H3,(H,18,19). The largest absolute Gasteiger partial charge is 0.465 e. The minimum atomic E-state index is -1.12. The summed E-state index contributed by atoms with van der Waals surface area (Å²) in [5.74, 6) is 0.280. The van der Waals surface area contributed by atoms with Crippen LogP contribution in [0.2, 0.25) is 0 Å². The first-order valence-electron chi connectivity index (χ1n) is 6.43. The molecule has 1 atom stereocenters. The molecule has 1 rings (SSSR count). The highest BCUT2D eigenvalue weighted by Gasteiger charge is 2.24. The number of hydrogen-bond acceptors (Lipinski definition) is 4. The van der Waals surface area contributed by atoms with Crippen LogP contribution in [-0.4, -0.2) is 59.9 Å². The van der Waals surface area contributed by atoms with Crippen molar-refractivity contribution in [2.24, 2.45) is 0 Å². The zero-order valence-electron chi connectivity index (χ0n) is 12.3. The zero-order chi connectivity index (χ0) is 16.0. The second-order valence-electron chi connectivity index (χ2n) is 4.72. The van der Waals surface area contributed by atoms with Crippen LogP contribution in [0.25, 0.3) is 0 Å². The molecule has 0 fully saturated rings. The summed E-state index contributed by atoms with van der Waals surface area (Å²) in [4.78, 5) is 25.2. The van der Waals surface area contributed by atoms with Crippen LogP contribution in [0, 0.1) is 0 Å². The first kappa shape index (κ1) is 16.8. The molecule has 0 saturated carbocycles. The molecule has 7 nitrogen and oxygen atoms in total. The van der Waals surface area contributed by atoms with Crippen LogP contribution >= 0.6 is 0 Å². The Kier molecular flexibility index (Phi) is 5.98. The van der Waals surface area contributed by atoms with E-state index in [0.29, 0.717) is 5.56 Å². The highest BCUT2D eigenvalue weighted by Crippen LogP contribution is 2.31. The normalized spacial score (nSPS) is 11.6. The number of aliphatic hydroxyl groups excluding tert-OH is 1. The lowest BCUT2D eigenvalue weighted by Crippen LogP contribution is -2.31. The van der Waals surface area contributed by atoms with Crippen molar-refractivity contribution in [2.45, 2.75) is 12.5 Å². The number of nitrogens with zero attached hydrogens (tertiary/aromatic N) is 2. The van der Waals surface area contributed by atoms with E-state index < -0.39 is 18.2 Å². The van der Waals surface area contributed by atoms with E-state index in [9.17, 15) is 9.59 Å². The maximum atomic E-state index is 11.7. The van der Waals surface area contributed by atoms with Crippen LogP contribution in [-0.2, 0) is 0 Å². The fourth-order valence-corrected chi connectivity index (χ4v) is 1.85. The molecule has 0 aliphatic heterocycles. The van der Waals surface area contributed by atoms with Crippen LogP contribution in [0.3, 0.4) is 0 Å². The monoisotopic (exact) mass is 296 g/mol. The molecule has 0 aliphatic carbocycles. The van der Waals surface area contributed by atoms with Gasteiger partial charge in [0.05, 0.1) is 6.04 Å². The lowest BCUT2D eigenvalue weighted by Gasteiger charge is -2.27. The van der Waals surface area contributed by atoms with E-state index in [4.69, 9.17) is 14.9 Å². The zero-order valence-corrected chi connectivity index (χ0v) is 12.3. The van der Waals surface area contributed by atoms with Gasteiger partial charge < -0.3 is 24.7 Å². The summed E-state index contributed by atoms with van der Waals surface area (Å²) in [6.45, 7) is -0.182. The number of amides is 2. The second kappa shape index (κ2) is 7.49. The summed E-state index contributed by atoms with van der Waals surface area (Å²) in [6, 6.07) is 6.09. The maximum Gasteiger partial charge on any atom is 0.414 e. The summed E-state index contributed by atoms with van der Waals surface area (Å²) in [5, 5.41) is 18.3.